The average Bonchev–Trinajstić information content (AvgIpc) is 2.78. The van der Waals surface area contributed by atoms with E-state index in [1.54, 1.807) is 11.4 Å². The molecule has 0 radical (unpaired) electrons. The van der Waals surface area contributed by atoms with Crippen molar-refractivity contribution < 1.29 is 18.3 Å². The van der Waals surface area contributed by atoms with Crippen molar-refractivity contribution in [3.05, 3.63) is 21.9 Å². The lowest BCUT2D eigenvalue weighted by atomic mass is 10.0. The number of hydrogen-bond donors (Lipinski definition) is 1. The highest BCUT2D eigenvalue weighted by molar-refractivity contribution is 7.91. The second-order valence-electron chi connectivity index (χ2n) is 4.65. The highest BCUT2D eigenvalue weighted by Gasteiger charge is 2.29. The molecule has 0 aromatic carbocycles. The molecule has 2 rings (SSSR count). The lowest BCUT2D eigenvalue weighted by Gasteiger charge is -2.21. The van der Waals surface area contributed by atoms with Crippen LogP contribution < -0.4 is 0 Å². The maximum absolute atomic E-state index is 12.2. The Kier molecular flexibility index (Phi) is 4.07. The van der Waals surface area contributed by atoms with Gasteiger partial charge in [-0.1, -0.05) is 19.3 Å². The maximum atomic E-state index is 12.2. The van der Waals surface area contributed by atoms with Crippen LogP contribution in [0.4, 0.5) is 0 Å². The summed E-state index contributed by atoms with van der Waals surface area (Å²) in [7, 11) is -3.22. The van der Waals surface area contributed by atoms with Crippen molar-refractivity contribution in [3.63, 3.8) is 0 Å². The first-order valence-corrected chi connectivity index (χ1v) is 8.61. The predicted molar refractivity (Wildman–Crippen MR) is 70.8 cm³/mol. The molecule has 4 nitrogen and oxygen atoms in total. The molecule has 0 amide bonds. The van der Waals surface area contributed by atoms with E-state index in [1.165, 1.54) is 0 Å². The third kappa shape index (κ3) is 2.92. The van der Waals surface area contributed by atoms with Gasteiger partial charge in [0.25, 0.3) is 0 Å². The molecule has 1 saturated carbocycles. The smallest absolute Gasteiger partial charge is 0.346 e. The minimum absolute atomic E-state index is 0.136. The van der Waals surface area contributed by atoms with E-state index in [0.717, 1.165) is 43.4 Å². The molecule has 1 N–H and O–H groups in total. The number of carbonyl (C=O) groups is 1. The van der Waals surface area contributed by atoms with Crippen LogP contribution in [0.25, 0.3) is 0 Å². The van der Waals surface area contributed by atoms with E-state index >= 15 is 0 Å². The van der Waals surface area contributed by atoms with Gasteiger partial charge in [-0.25, -0.2) is 13.2 Å². The molecule has 0 saturated heterocycles. The molecular formula is C12H16O4S2. The van der Waals surface area contributed by atoms with Crippen LogP contribution in [0.2, 0.25) is 0 Å². The second kappa shape index (κ2) is 5.40. The van der Waals surface area contributed by atoms with Gasteiger partial charge in [0.05, 0.1) is 11.0 Å². The lowest BCUT2D eigenvalue weighted by molar-refractivity contribution is 0.0701. The summed E-state index contributed by atoms with van der Waals surface area (Å²) in [6.45, 7) is 0. The van der Waals surface area contributed by atoms with Crippen molar-refractivity contribution in [2.75, 3.05) is 0 Å². The van der Waals surface area contributed by atoms with Crippen LogP contribution in [0, 0.1) is 0 Å². The van der Waals surface area contributed by atoms with Crippen molar-refractivity contribution in [1.82, 2.24) is 0 Å². The molecule has 6 heteroatoms. The summed E-state index contributed by atoms with van der Waals surface area (Å²) < 4.78 is 24.5. The van der Waals surface area contributed by atoms with Gasteiger partial charge in [0.2, 0.25) is 0 Å². The van der Waals surface area contributed by atoms with Crippen LogP contribution in [-0.4, -0.2) is 24.7 Å². The molecule has 1 aromatic rings. The number of aromatic carboxylic acids is 1. The predicted octanol–water partition coefficient (Wildman–Crippen LogP) is 2.69. The van der Waals surface area contributed by atoms with Crippen molar-refractivity contribution in [2.45, 2.75) is 43.1 Å². The van der Waals surface area contributed by atoms with Gasteiger partial charge in [-0.05, 0) is 29.9 Å². The van der Waals surface area contributed by atoms with Crippen molar-refractivity contribution in [1.29, 1.82) is 0 Å². The Hall–Kier alpha value is -0.880. The van der Waals surface area contributed by atoms with Crippen LogP contribution in [0.3, 0.4) is 0 Å². The summed E-state index contributed by atoms with van der Waals surface area (Å²) in [5, 5.41) is 10.3. The maximum Gasteiger partial charge on any atom is 0.346 e. The second-order valence-corrected chi connectivity index (χ2v) is 7.84. The molecule has 100 valence electrons. The summed E-state index contributed by atoms with van der Waals surface area (Å²) in [6.07, 6.45) is 4.45. The van der Waals surface area contributed by atoms with Crippen molar-refractivity contribution in [2.24, 2.45) is 0 Å². The molecule has 1 fully saturated rings. The Balaban J connectivity index is 2.16. The fourth-order valence-corrected chi connectivity index (χ4v) is 5.21. The molecule has 0 unspecified atom stereocenters. The number of sulfone groups is 1. The Bertz CT molecular complexity index is 524. The molecule has 1 aromatic heterocycles. The van der Waals surface area contributed by atoms with Crippen molar-refractivity contribution in [3.8, 4) is 0 Å². The molecule has 0 bridgehead atoms. The van der Waals surface area contributed by atoms with Crippen LogP contribution in [0.5, 0.6) is 0 Å². The van der Waals surface area contributed by atoms with Gasteiger partial charge < -0.3 is 5.11 Å². The van der Waals surface area contributed by atoms with E-state index in [2.05, 4.69) is 0 Å². The van der Waals surface area contributed by atoms with Crippen LogP contribution in [0.1, 0.15) is 47.3 Å². The molecular weight excluding hydrogens is 272 g/mol. The molecule has 0 atom stereocenters. The SMILES string of the molecule is O=C(O)c1sccc1CS(=O)(=O)C1CCCCC1. The van der Waals surface area contributed by atoms with Gasteiger partial charge in [0.15, 0.2) is 9.84 Å². The Morgan fingerprint density at radius 1 is 1.33 bits per heavy atom. The van der Waals surface area contributed by atoms with Gasteiger partial charge in [0.1, 0.15) is 4.88 Å². The van der Waals surface area contributed by atoms with Crippen LogP contribution >= 0.6 is 11.3 Å². The standard InChI is InChI=1S/C12H16O4S2/c13-12(14)11-9(6-7-17-11)8-18(15,16)10-4-2-1-3-5-10/h6-7,10H,1-5,8H2,(H,13,14). The first-order valence-electron chi connectivity index (χ1n) is 6.02. The Morgan fingerprint density at radius 2 is 2.00 bits per heavy atom. The van der Waals surface area contributed by atoms with Gasteiger partial charge in [-0.15, -0.1) is 11.3 Å². The number of hydrogen-bond acceptors (Lipinski definition) is 4. The zero-order valence-electron chi connectivity index (χ0n) is 9.96. The topological polar surface area (TPSA) is 71.4 Å². The first kappa shape index (κ1) is 13.5. The molecule has 0 aliphatic heterocycles. The van der Waals surface area contributed by atoms with Gasteiger partial charge in [-0.2, -0.15) is 0 Å². The minimum atomic E-state index is -3.22. The Labute approximate surface area is 111 Å². The van der Waals surface area contributed by atoms with Crippen LogP contribution in [0.15, 0.2) is 11.4 Å². The lowest BCUT2D eigenvalue weighted by Crippen LogP contribution is -2.25. The summed E-state index contributed by atoms with van der Waals surface area (Å²) >= 11 is 1.08. The van der Waals surface area contributed by atoms with Crippen LogP contribution in [-0.2, 0) is 15.6 Å². The zero-order chi connectivity index (χ0) is 13.2. The number of thiophene rings is 1. The summed E-state index contributed by atoms with van der Waals surface area (Å²) in [4.78, 5) is 11.1. The first-order chi connectivity index (χ1) is 8.50. The number of carboxylic acids is 1. The average molecular weight is 288 g/mol. The van der Waals surface area contributed by atoms with Crippen molar-refractivity contribution >= 4 is 27.1 Å². The summed E-state index contributed by atoms with van der Waals surface area (Å²) in [5.74, 6) is -1.18. The molecule has 1 aliphatic carbocycles. The van der Waals surface area contributed by atoms with E-state index in [0.29, 0.717) is 5.56 Å². The van der Waals surface area contributed by atoms with Gasteiger partial charge in [0, 0.05) is 0 Å². The largest absolute Gasteiger partial charge is 0.477 e. The quantitative estimate of drug-likeness (QED) is 0.924. The third-order valence-corrected chi connectivity index (χ3v) is 6.50. The van der Waals surface area contributed by atoms with E-state index in [-0.39, 0.29) is 15.9 Å². The molecule has 1 heterocycles. The van der Waals surface area contributed by atoms with Gasteiger partial charge >= 0.3 is 5.97 Å². The minimum Gasteiger partial charge on any atom is -0.477 e. The fraction of sp³-hybridized carbons (Fsp3) is 0.583. The van der Waals surface area contributed by atoms with Gasteiger partial charge in [-0.3, -0.25) is 0 Å². The highest BCUT2D eigenvalue weighted by atomic mass is 32.2. The number of rotatable bonds is 4. The molecule has 18 heavy (non-hydrogen) atoms. The van der Waals surface area contributed by atoms with E-state index < -0.39 is 15.8 Å². The Morgan fingerprint density at radius 3 is 2.61 bits per heavy atom. The highest BCUT2D eigenvalue weighted by Crippen LogP contribution is 2.28. The summed E-state index contributed by atoms with van der Waals surface area (Å²) in [5.41, 5.74) is 0.429. The monoisotopic (exact) mass is 288 g/mol. The van der Waals surface area contributed by atoms with E-state index in [4.69, 9.17) is 5.11 Å². The third-order valence-electron chi connectivity index (χ3n) is 3.36. The zero-order valence-corrected chi connectivity index (χ0v) is 11.6. The van der Waals surface area contributed by atoms with E-state index in [1.807, 2.05) is 0 Å². The molecule has 1 aliphatic rings. The van der Waals surface area contributed by atoms with E-state index in [9.17, 15) is 13.2 Å². The fourth-order valence-electron chi connectivity index (χ4n) is 2.40. The normalized spacial score (nSPS) is 17.8. The summed E-state index contributed by atoms with van der Waals surface area (Å²) in [6, 6.07) is 1.61. The number of carboxylic acid groups (broad SMARTS) is 1. The molecule has 0 spiro atoms.